The molecule has 2 aromatic rings. The Hall–Kier alpha value is -0.569. The first-order chi connectivity index (χ1) is 11.6. The van der Waals surface area contributed by atoms with Gasteiger partial charge in [0.15, 0.2) is 0 Å². The number of fused-ring (bicyclic) bond motifs is 2. The fraction of sp³-hybridized carbons (Fsp3) is 0.273. The van der Waals surface area contributed by atoms with Gasteiger partial charge in [0.25, 0.3) is 0 Å². The van der Waals surface area contributed by atoms with E-state index in [9.17, 15) is 0 Å². The number of benzene rings is 2. The van der Waals surface area contributed by atoms with Crippen LogP contribution in [0.4, 0.5) is 0 Å². The Balaban J connectivity index is 0.00000121. The van der Waals surface area contributed by atoms with Crippen molar-refractivity contribution in [1.29, 1.82) is 0 Å². The van der Waals surface area contributed by atoms with Crippen molar-refractivity contribution >= 4 is 18.3 Å². The van der Waals surface area contributed by atoms with Crippen molar-refractivity contribution in [2.45, 2.75) is 35.4 Å². The monoisotopic (exact) mass is 434 g/mol. The zero-order chi connectivity index (χ0) is 16.8. The molecule has 0 bridgehead atoms. The van der Waals surface area contributed by atoms with Gasteiger partial charge in [0.1, 0.15) is 0 Å². The molecule has 4 rings (SSSR count). The van der Waals surface area contributed by atoms with Crippen LogP contribution in [0.2, 0.25) is 13.1 Å². The summed E-state index contributed by atoms with van der Waals surface area (Å²) >= 11 is -1.34. The summed E-state index contributed by atoms with van der Waals surface area (Å²) in [7, 11) is 0. The Morgan fingerprint density at radius 3 is 1.54 bits per heavy atom. The van der Waals surface area contributed by atoms with Crippen LogP contribution in [0.15, 0.2) is 48.6 Å². The average Bonchev–Trinajstić information content (AvgIpc) is 3.15. The number of halogens is 2. The van der Waals surface area contributed by atoms with Crippen molar-refractivity contribution in [3.63, 3.8) is 0 Å². The summed E-state index contributed by atoms with van der Waals surface area (Å²) in [6, 6.07) is 13.8. The van der Waals surface area contributed by atoms with E-state index >= 15 is 0 Å². The normalized spacial score (nSPS) is 18.3. The Labute approximate surface area is 176 Å². The van der Waals surface area contributed by atoms with Gasteiger partial charge in [-0.25, -0.2) is 0 Å². The second kappa shape index (κ2) is 8.63. The molecule has 0 heterocycles. The SMILES string of the molecule is Cc1cccc2c1C=C[CH]2[Ti+2]([CH]1C=Cc2c(C)cccc21)=[Si](C)C.[Cl-].[Cl-]. The Bertz CT molecular complexity index is 854. The molecule has 0 aromatic heterocycles. The van der Waals surface area contributed by atoms with Crippen molar-refractivity contribution in [1.82, 2.24) is 0 Å². The fourth-order valence-electron chi connectivity index (χ4n) is 4.35. The maximum absolute atomic E-state index is 2.56. The quantitative estimate of drug-likeness (QED) is 0.584. The molecule has 134 valence electrons. The van der Waals surface area contributed by atoms with Crippen molar-refractivity contribution < 1.29 is 41.4 Å². The van der Waals surface area contributed by atoms with E-state index in [1.54, 1.807) is 11.1 Å². The molecule has 2 aliphatic carbocycles. The smallest absolute Gasteiger partial charge is 1.00 e. The van der Waals surface area contributed by atoms with Crippen LogP contribution in [0, 0.1) is 13.8 Å². The third-order valence-corrected chi connectivity index (χ3v) is 18.3. The van der Waals surface area contributed by atoms with Gasteiger partial charge in [-0.05, 0) is 0 Å². The third-order valence-electron chi connectivity index (χ3n) is 5.54. The molecule has 2 atom stereocenters. The van der Waals surface area contributed by atoms with Gasteiger partial charge in [0.2, 0.25) is 0 Å². The molecule has 2 aliphatic rings. The van der Waals surface area contributed by atoms with E-state index in [4.69, 9.17) is 0 Å². The summed E-state index contributed by atoms with van der Waals surface area (Å²) in [5.74, 6) is 0. The summed E-state index contributed by atoms with van der Waals surface area (Å²) in [6.45, 7) is 9.62. The first kappa shape index (κ1) is 21.7. The zero-order valence-corrected chi connectivity index (χ0v) is 19.8. The molecule has 2 unspecified atom stereocenters. The third kappa shape index (κ3) is 3.57. The van der Waals surface area contributed by atoms with Gasteiger partial charge in [-0.1, -0.05) is 0 Å². The Kier molecular flexibility index (Phi) is 7.21. The second-order valence-corrected chi connectivity index (χ2v) is 19.7. The zero-order valence-electron chi connectivity index (χ0n) is 15.7. The van der Waals surface area contributed by atoms with Crippen LogP contribution in [0.3, 0.4) is 0 Å². The minimum Gasteiger partial charge on any atom is -1.00 e. The van der Waals surface area contributed by atoms with E-state index in [0.29, 0.717) is 0 Å². The van der Waals surface area contributed by atoms with Crippen LogP contribution in [0.25, 0.3) is 12.2 Å². The van der Waals surface area contributed by atoms with Crippen LogP contribution in [-0.4, -0.2) is 6.19 Å². The first-order valence-electron chi connectivity index (χ1n) is 8.80. The molecule has 0 saturated heterocycles. The van der Waals surface area contributed by atoms with E-state index < -0.39 is 16.6 Å². The summed E-state index contributed by atoms with van der Waals surface area (Å²) in [5.41, 5.74) is 9.10. The molecule has 0 fully saturated rings. The summed E-state index contributed by atoms with van der Waals surface area (Å²) in [5, 5.41) is 0. The topological polar surface area (TPSA) is 0 Å². The van der Waals surface area contributed by atoms with E-state index in [2.05, 4.69) is 87.6 Å². The Morgan fingerprint density at radius 1 is 0.731 bits per heavy atom. The van der Waals surface area contributed by atoms with Crippen LogP contribution < -0.4 is 24.8 Å². The molecule has 0 nitrogen and oxygen atoms in total. The van der Waals surface area contributed by atoms with Crippen molar-refractivity contribution in [2.24, 2.45) is 0 Å². The van der Waals surface area contributed by atoms with E-state index in [-0.39, 0.29) is 31.0 Å². The molecule has 0 radical (unpaired) electrons. The minimum atomic E-state index is -1.34. The molecule has 0 saturated carbocycles. The maximum atomic E-state index is 2.56. The second-order valence-electron chi connectivity index (χ2n) is 7.28. The summed E-state index contributed by atoms with van der Waals surface area (Å²) in [4.78, 5) is 0. The van der Waals surface area contributed by atoms with Crippen molar-refractivity contribution in [3.05, 3.63) is 81.9 Å². The van der Waals surface area contributed by atoms with Crippen molar-refractivity contribution in [2.75, 3.05) is 0 Å². The molecule has 4 heteroatoms. The molecule has 0 aliphatic heterocycles. The van der Waals surface area contributed by atoms with Crippen LogP contribution in [0.5, 0.6) is 0 Å². The number of hydrogen-bond acceptors (Lipinski definition) is 0. The molecular weight excluding hydrogens is 411 g/mol. The molecular formula is C22H24Cl2SiTi. The molecule has 26 heavy (non-hydrogen) atoms. The van der Waals surface area contributed by atoms with Gasteiger partial charge in [-0.3, -0.25) is 0 Å². The molecule has 0 spiro atoms. The standard InChI is InChI=1S/2C10H9.C2H6Si.2ClH.Ti/c2*1-8-4-2-5-9-6-3-7-10(8)9;1-3-2;;;/h2*2-7H,1H3;1-2H3;2*1H;/q;;;;;+2/p-2. The van der Waals surface area contributed by atoms with E-state index in [0.717, 1.165) is 8.45 Å². The predicted molar refractivity (Wildman–Crippen MR) is 103 cm³/mol. The maximum Gasteiger partial charge on any atom is -1.00 e. The molecule has 0 N–H and O–H groups in total. The first-order valence-corrected chi connectivity index (χ1v) is 15.4. The number of rotatable bonds is 2. The number of aryl methyl sites for hydroxylation is 2. The van der Waals surface area contributed by atoms with Gasteiger partial charge in [-0.15, -0.1) is 0 Å². The number of hydrogen-bond donors (Lipinski definition) is 0. The van der Waals surface area contributed by atoms with Gasteiger partial charge in [0, 0.05) is 0 Å². The minimum absolute atomic E-state index is 0. The van der Waals surface area contributed by atoms with E-state index in [1.165, 1.54) is 22.3 Å². The van der Waals surface area contributed by atoms with Crippen LogP contribution >= 0.6 is 0 Å². The fourth-order valence-corrected chi connectivity index (χ4v) is 16.9. The summed E-state index contributed by atoms with van der Waals surface area (Å²) < 4.78 is 1.45. The summed E-state index contributed by atoms with van der Waals surface area (Å²) in [6.07, 6.45) is 9.62. The molecule has 2 aromatic carbocycles. The van der Waals surface area contributed by atoms with Gasteiger partial charge < -0.3 is 24.8 Å². The van der Waals surface area contributed by atoms with Crippen LogP contribution in [-0.2, 0) is 16.6 Å². The van der Waals surface area contributed by atoms with Crippen molar-refractivity contribution in [3.8, 4) is 0 Å². The van der Waals surface area contributed by atoms with Gasteiger partial charge >= 0.3 is 152 Å². The largest absolute Gasteiger partial charge is 1.00 e. The predicted octanol–water partition coefficient (Wildman–Crippen LogP) is 0.0167. The average molecular weight is 435 g/mol. The Morgan fingerprint density at radius 2 is 1.15 bits per heavy atom. The molecule has 0 amide bonds. The number of allylic oxidation sites excluding steroid dienone is 2. The van der Waals surface area contributed by atoms with Crippen LogP contribution in [0.1, 0.15) is 41.8 Å². The van der Waals surface area contributed by atoms with Gasteiger partial charge in [-0.2, -0.15) is 0 Å². The van der Waals surface area contributed by atoms with Gasteiger partial charge in [0.05, 0.1) is 0 Å². The van der Waals surface area contributed by atoms with E-state index in [1.807, 2.05) is 0 Å².